The van der Waals surface area contributed by atoms with Gasteiger partial charge in [0.05, 0.1) is 5.92 Å². The number of ketones is 2. The largest absolute Gasteiger partial charge is 0.305 e. The maximum Gasteiger partial charge on any atom is 0.145 e. The normalized spacial score (nSPS) is 27.1. The molecule has 0 bridgehead atoms. The van der Waals surface area contributed by atoms with E-state index in [1.807, 2.05) is 11.9 Å². The van der Waals surface area contributed by atoms with Crippen LogP contribution in [0.15, 0.2) is 0 Å². The molecule has 1 aliphatic rings. The van der Waals surface area contributed by atoms with Gasteiger partial charge in [0.1, 0.15) is 11.6 Å². The van der Waals surface area contributed by atoms with Crippen LogP contribution in [0, 0.1) is 5.92 Å². The average Bonchev–Trinajstić information content (AvgIpc) is 1.94. The fraction of sp³-hybridized carbons (Fsp3) is 0.750. The standard InChI is InChI=1S/C8H13NO2/c1-6(10)7-5-9(2)4-3-8(7)11/h7H,3-5H2,1-2H3/t7-/m0/s1. The van der Waals surface area contributed by atoms with Crippen molar-refractivity contribution in [3.63, 3.8) is 0 Å². The molecule has 0 N–H and O–H groups in total. The van der Waals surface area contributed by atoms with Gasteiger partial charge in [-0.05, 0) is 14.0 Å². The fourth-order valence-corrected chi connectivity index (χ4v) is 1.34. The van der Waals surface area contributed by atoms with Gasteiger partial charge in [0.2, 0.25) is 0 Å². The highest BCUT2D eigenvalue weighted by atomic mass is 16.1. The van der Waals surface area contributed by atoms with Gasteiger partial charge in [-0.25, -0.2) is 0 Å². The molecule has 0 spiro atoms. The minimum Gasteiger partial charge on any atom is -0.305 e. The average molecular weight is 155 g/mol. The zero-order valence-electron chi connectivity index (χ0n) is 6.96. The van der Waals surface area contributed by atoms with Gasteiger partial charge in [0.25, 0.3) is 0 Å². The Balaban J connectivity index is 2.61. The molecule has 0 saturated carbocycles. The molecule has 3 heteroatoms. The van der Waals surface area contributed by atoms with Crippen molar-refractivity contribution in [1.82, 2.24) is 4.90 Å². The summed E-state index contributed by atoms with van der Waals surface area (Å²) in [5.41, 5.74) is 0. The molecule has 0 aliphatic carbocycles. The molecular weight excluding hydrogens is 142 g/mol. The molecule has 1 atom stereocenters. The zero-order valence-corrected chi connectivity index (χ0v) is 6.96. The molecule has 3 nitrogen and oxygen atoms in total. The summed E-state index contributed by atoms with van der Waals surface area (Å²) in [6.45, 7) is 2.89. The summed E-state index contributed by atoms with van der Waals surface area (Å²) in [4.78, 5) is 24.1. The molecule has 11 heavy (non-hydrogen) atoms. The Bertz CT molecular complexity index is 189. The van der Waals surface area contributed by atoms with Gasteiger partial charge in [0, 0.05) is 19.5 Å². The molecule has 1 aliphatic heterocycles. The Morgan fingerprint density at radius 2 is 2.27 bits per heavy atom. The molecule has 1 saturated heterocycles. The minimum atomic E-state index is -0.353. The number of piperidine rings is 1. The van der Waals surface area contributed by atoms with E-state index in [-0.39, 0.29) is 17.5 Å². The van der Waals surface area contributed by atoms with Crippen LogP contribution >= 0.6 is 0 Å². The van der Waals surface area contributed by atoms with Crippen LogP contribution in [0.5, 0.6) is 0 Å². The van der Waals surface area contributed by atoms with Crippen LogP contribution in [0.3, 0.4) is 0 Å². The molecule has 1 rings (SSSR count). The third-order valence-electron chi connectivity index (χ3n) is 2.11. The van der Waals surface area contributed by atoms with Gasteiger partial charge in [-0.1, -0.05) is 0 Å². The second-order valence-corrected chi connectivity index (χ2v) is 3.14. The smallest absolute Gasteiger partial charge is 0.145 e. The number of hydrogen-bond acceptors (Lipinski definition) is 3. The molecular formula is C8H13NO2. The molecule has 0 radical (unpaired) electrons. The third kappa shape index (κ3) is 1.87. The van der Waals surface area contributed by atoms with Gasteiger partial charge in [-0.3, -0.25) is 9.59 Å². The lowest BCUT2D eigenvalue weighted by molar-refractivity contribution is -0.134. The van der Waals surface area contributed by atoms with Gasteiger partial charge >= 0.3 is 0 Å². The van der Waals surface area contributed by atoms with Crippen molar-refractivity contribution in [3.05, 3.63) is 0 Å². The van der Waals surface area contributed by atoms with E-state index in [0.29, 0.717) is 13.0 Å². The van der Waals surface area contributed by atoms with Crippen molar-refractivity contribution in [3.8, 4) is 0 Å². The second kappa shape index (κ2) is 3.13. The van der Waals surface area contributed by atoms with E-state index < -0.39 is 0 Å². The predicted molar refractivity (Wildman–Crippen MR) is 41.3 cm³/mol. The van der Waals surface area contributed by atoms with E-state index in [4.69, 9.17) is 0 Å². The first-order valence-electron chi connectivity index (χ1n) is 3.83. The van der Waals surface area contributed by atoms with Crippen molar-refractivity contribution >= 4 is 11.6 Å². The Kier molecular flexibility index (Phi) is 2.39. The van der Waals surface area contributed by atoms with Crippen molar-refractivity contribution in [2.75, 3.05) is 20.1 Å². The molecule has 62 valence electrons. The van der Waals surface area contributed by atoms with Crippen LogP contribution in [-0.2, 0) is 9.59 Å². The number of likely N-dealkylation sites (tertiary alicyclic amines) is 1. The van der Waals surface area contributed by atoms with Gasteiger partial charge < -0.3 is 4.90 Å². The number of Topliss-reactive ketones (excluding diaryl/α,β-unsaturated/α-hetero) is 2. The predicted octanol–water partition coefficient (Wildman–Crippen LogP) is 0.0962. The Morgan fingerprint density at radius 1 is 1.64 bits per heavy atom. The molecule has 0 unspecified atom stereocenters. The van der Waals surface area contributed by atoms with Crippen molar-refractivity contribution in [2.45, 2.75) is 13.3 Å². The fourth-order valence-electron chi connectivity index (χ4n) is 1.34. The third-order valence-corrected chi connectivity index (χ3v) is 2.11. The minimum absolute atomic E-state index is 0.00144. The summed E-state index contributed by atoms with van der Waals surface area (Å²) >= 11 is 0. The summed E-state index contributed by atoms with van der Waals surface area (Å²) in [5, 5.41) is 0. The summed E-state index contributed by atoms with van der Waals surface area (Å²) in [6, 6.07) is 0. The summed E-state index contributed by atoms with van der Waals surface area (Å²) in [5.74, 6) is -0.245. The molecule has 1 heterocycles. The van der Waals surface area contributed by atoms with Crippen molar-refractivity contribution in [1.29, 1.82) is 0 Å². The van der Waals surface area contributed by atoms with Gasteiger partial charge in [0.15, 0.2) is 0 Å². The monoisotopic (exact) mass is 155 g/mol. The molecule has 0 aromatic rings. The first kappa shape index (κ1) is 8.40. The summed E-state index contributed by atoms with van der Waals surface area (Å²) in [6.07, 6.45) is 0.529. The lowest BCUT2D eigenvalue weighted by Gasteiger charge is -2.26. The zero-order chi connectivity index (χ0) is 8.43. The van der Waals surface area contributed by atoms with E-state index >= 15 is 0 Å². The van der Waals surface area contributed by atoms with Crippen LogP contribution in [0.2, 0.25) is 0 Å². The van der Waals surface area contributed by atoms with E-state index in [0.717, 1.165) is 6.54 Å². The van der Waals surface area contributed by atoms with E-state index in [1.54, 1.807) is 0 Å². The number of nitrogens with zero attached hydrogens (tertiary/aromatic N) is 1. The second-order valence-electron chi connectivity index (χ2n) is 3.14. The number of hydrogen-bond donors (Lipinski definition) is 0. The van der Waals surface area contributed by atoms with E-state index in [1.165, 1.54) is 6.92 Å². The molecule has 0 amide bonds. The van der Waals surface area contributed by atoms with Crippen molar-refractivity contribution < 1.29 is 9.59 Å². The SMILES string of the molecule is CC(=O)[C@@H]1CN(C)CCC1=O. The van der Waals surface area contributed by atoms with Gasteiger partial charge in [-0.2, -0.15) is 0 Å². The Hall–Kier alpha value is -0.700. The topological polar surface area (TPSA) is 37.4 Å². The number of carbonyl (C=O) groups is 2. The Morgan fingerprint density at radius 3 is 2.73 bits per heavy atom. The van der Waals surface area contributed by atoms with E-state index in [2.05, 4.69) is 0 Å². The lowest BCUT2D eigenvalue weighted by Crippen LogP contribution is -2.41. The first-order chi connectivity index (χ1) is 5.11. The van der Waals surface area contributed by atoms with Gasteiger partial charge in [-0.15, -0.1) is 0 Å². The molecule has 1 fully saturated rings. The highest BCUT2D eigenvalue weighted by molar-refractivity contribution is 6.02. The van der Waals surface area contributed by atoms with Crippen LogP contribution in [0.1, 0.15) is 13.3 Å². The quantitative estimate of drug-likeness (QED) is 0.504. The highest BCUT2D eigenvalue weighted by Crippen LogP contribution is 2.11. The van der Waals surface area contributed by atoms with Crippen molar-refractivity contribution in [2.24, 2.45) is 5.92 Å². The van der Waals surface area contributed by atoms with Crippen LogP contribution in [0.4, 0.5) is 0 Å². The maximum atomic E-state index is 11.1. The lowest BCUT2D eigenvalue weighted by atomic mass is 9.94. The van der Waals surface area contributed by atoms with E-state index in [9.17, 15) is 9.59 Å². The van der Waals surface area contributed by atoms with Crippen LogP contribution in [-0.4, -0.2) is 36.6 Å². The molecule has 0 aromatic carbocycles. The maximum absolute atomic E-state index is 11.1. The summed E-state index contributed by atoms with van der Waals surface area (Å²) < 4.78 is 0. The summed E-state index contributed by atoms with van der Waals surface area (Å²) in [7, 11) is 1.93. The highest BCUT2D eigenvalue weighted by Gasteiger charge is 2.28. The van der Waals surface area contributed by atoms with Crippen LogP contribution in [0.25, 0.3) is 0 Å². The molecule has 0 aromatic heterocycles. The first-order valence-corrected chi connectivity index (χ1v) is 3.83. The number of carbonyl (C=O) groups excluding carboxylic acids is 2. The Labute approximate surface area is 66.4 Å². The number of rotatable bonds is 1. The van der Waals surface area contributed by atoms with Crippen LogP contribution < -0.4 is 0 Å².